The Labute approximate surface area is 683 Å². The first-order valence-electron chi connectivity index (χ1n) is 40.3. The molecule has 0 aromatic carbocycles. The average molecular weight is 1860 g/mol. The molecule has 45 atom stereocenters. The number of aliphatic hydroxyl groups excluding tert-OH is 2. The molecule has 19 nitrogen and oxygen atoms in total. The Balaban J connectivity index is 0.00000716. The second-order valence-electron chi connectivity index (χ2n) is 34.0. The van der Waals surface area contributed by atoms with Gasteiger partial charge in [0.15, 0.2) is 44.0 Å². The van der Waals surface area contributed by atoms with Gasteiger partial charge in [0.2, 0.25) is 0 Å². The van der Waals surface area contributed by atoms with Crippen molar-refractivity contribution in [1.29, 1.82) is 0 Å². The zero-order valence-corrected chi connectivity index (χ0v) is 77.1. The van der Waals surface area contributed by atoms with E-state index in [1.165, 1.54) is 0 Å². The minimum atomic E-state index is -1.01. The molecule has 8 saturated heterocycles. The second-order valence-corrected chi connectivity index (χ2v) is 34.0. The van der Waals surface area contributed by atoms with Gasteiger partial charge in [-0.2, -0.15) is 0 Å². The molecule has 584 valence electrons. The summed E-state index contributed by atoms with van der Waals surface area (Å²) in [6.07, 6.45) is -3.84. The van der Waals surface area contributed by atoms with Crippen molar-refractivity contribution in [3.63, 3.8) is 0 Å². The Kier molecular flexibility index (Phi) is 34.7. The van der Waals surface area contributed by atoms with Gasteiger partial charge >= 0.3 is 0 Å². The van der Waals surface area contributed by atoms with E-state index >= 15 is 0 Å². The number of hydrogen-bond donors (Lipinski definition) is 3. The van der Waals surface area contributed by atoms with Crippen molar-refractivity contribution >= 4 is 0 Å². The smallest absolute Gasteiger partial charge is 0.163 e. The summed E-state index contributed by atoms with van der Waals surface area (Å²) in [7, 11) is 0. The van der Waals surface area contributed by atoms with Crippen molar-refractivity contribution in [2.24, 2.45) is 107 Å². The van der Waals surface area contributed by atoms with Gasteiger partial charge in [-0.15, -0.1) is 0 Å². The molecular formula is C80H144Ac2O19. The van der Waals surface area contributed by atoms with Crippen LogP contribution in [0.25, 0.3) is 0 Å². The van der Waals surface area contributed by atoms with Gasteiger partial charge in [0.05, 0.1) is 116 Å². The topological polar surface area (TPSA) is 208 Å². The second kappa shape index (κ2) is 38.8. The van der Waals surface area contributed by atoms with E-state index in [-0.39, 0.29) is 263 Å². The van der Waals surface area contributed by atoms with Gasteiger partial charge in [0.1, 0.15) is 12.2 Å². The molecule has 1 aliphatic carbocycles. The van der Waals surface area contributed by atoms with Gasteiger partial charge in [0.25, 0.3) is 0 Å². The van der Waals surface area contributed by atoms with Crippen molar-refractivity contribution in [2.75, 3.05) is 6.61 Å². The van der Waals surface area contributed by atoms with Crippen LogP contribution in [-0.4, -0.2) is 188 Å². The van der Waals surface area contributed by atoms with Crippen molar-refractivity contribution in [2.45, 2.75) is 397 Å². The molecule has 18 unspecified atom stereocenters. The van der Waals surface area contributed by atoms with Crippen LogP contribution in [0.3, 0.4) is 0 Å². The van der Waals surface area contributed by atoms with E-state index in [1.54, 1.807) is 0 Å². The minimum absolute atomic E-state index is 0. The predicted molar refractivity (Wildman–Crippen MR) is 378 cm³/mol. The van der Waals surface area contributed by atoms with Crippen LogP contribution in [0.2, 0.25) is 0 Å². The SMILES string of the molecule is CCC1O[C@@H](O[C@H]2C(CC)O[C@@H](O[C@H]3C(C)C(C)[C@@H](O[C@H]4C(C)C(C)[C@@H](O[C@H]5C(CC)O[C@@H](O[C@@H](CC)[C@H](C)C6[C@@H](O[C@H]7C(C)C(C)[C@@H](C)O[C@@H]7CC)C6(C)O)C(C)[C@H]5O)O[C@@H]4C)O[C@@H]3CO)C(C)[C@H]2C)C(C)[C@@H](C)[C@H]1O[C@H]1O[C@H](CC)[C@@H](O[C@H]2O[C@H](CC)[C@@H](C)C(C)C2C)C(C)C1C.[Ac].[Ac]. The molecule has 0 bridgehead atoms. The van der Waals surface area contributed by atoms with E-state index < -0.39 is 85.9 Å². The molecular weight excluding hydrogens is 1720 g/mol. The third kappa shape index (κ3) is 19.0. The molecule has 101 heavy (non-hydrogen) atoms. The zero-order chi connectivity index (χ0) is 72.9. The summed E-state index contributed by atoms with van der Waals surface area (Å²) in [5.74, 6) is 1.25. The molecule has 0 aromatic rings. The summed E-state index contributed by atoms with van der Waals surface area (Å²) in [4.78, 5) is 0. The number of rotatable bonds is 26. The maximum atomic E-state index is 12.2. The summed E-state index contributed by atoms with van der Waals surface area (Å²) in [6.45, 7) is 58.2. The molecule has 9 aliphatic rings. The van der Waals surface area contributed by atoms with Crippen LogP contribution in [0, 0.1) is 195 Å². The van der Waals surface area contributed by atoms with Gasteiger partial charge in [-0.05, 0) is 125 Å². The molecule has 8 heterocycles. The van der Waals surface area contributed by atoms with E-state index in [0.717, 1.165) is 25.7 Å². The number of hydrogen-bond acceptors (Lipinski definition) is 19. The summed E-state index contributed by atoms with van der Waals surface area (Å²) < 4.78 is 110. The molecule has 0 aromatic heterocycles. The van der Waals surface area contributed by atoms with Crippen molar-refractivity contribution < 1.29 is 179 Å². The fraction of sp³-hybridized carbons (Fsp3) is 1.00. The Bertz CT molecular complexity index is 2440. The van der Waals surface area contributed by atoms with Crippen molar-refractivity contribution in [1.82, 2.24) is 0 Å². The van der Waals surface area contributed by atoms with E-state index in [2.05, 4.69) is 159 Å². The Morgan fingerprint density at radius 2 is 0.634 bits per heavy atom. The number of aliphatic hydroxyl groups is 3. The van der Waals surface area contributed by atoms with Crippen molar-refractivity contribution in [3.8, 4) is 0 Å². The molecule has 8 aliphatic heterocycles. The first-order chi connectivity index (χ1) is 46.8. The van der Waals surface area contributed by atoms with Gasteiger partial charge in [-0.25, -0.2) is 0 Å². The Morgan fingerprint density at radius 1 is 0.327 bits per heavy atom. The van der Waals surface area contributed by atoms with Gasteiger partial charge in [0, 0.05) is 135 Å². The predicted octanol–water partition coefficient (Wildman–Crippen LogP) is 13.7. The summed E-state index contributed by atoms with van der Waals surface area (Å²) in [5.41, 5.74) is -1.01. The van der Waals surface area contributed by atoms with E-state index in [9.17, 15) is 15.3 Å². The van der Waals surface area contributed by atoms with Crippen LogP contribution < -0.4 is 0 Å². The molecule has 0 spiro atoms. The quantitative estimate of drug-likeness (QED) is 0.0735. The molecule has 1 saturated carbocycles. The van der Waals surface area contributed by atoms with Crippen LogP contribution in [0.5, 0.6) is 0 Å². The largest absolute Gasteiger partial charge is 0.394 e. The van der Waals surface area contributed by atoms with Crippen LogP contribution in [0.15, 0.2) is 0 Å². The first-order valence-corrected chi connectivity index (χ1v) is 40.3. The summed E-state index contributed by atoms with van der Waals surface area (Å²) in [5, 5.41) is 35.1. The van der Waals surface area contributed by atoms with Crippen LogP contribution >= 0.6 is 0 Å². The monoisotopic (exact) mass is 1860 g/mol. The molecule has 21 heteroatoms. The van der Waals surface area contributed by atoms with E-state index in [1.807, 2.05) is 27.7 Å². The van der Waals surface area contributed by atoms with Crippen LogP contribution in [-0.2, 0) is 75.8 Å². The normalized spacial score (nSPS) is 52.6. The maximum Gasteiger partial charge on any atom is 0.163 e. The summed E-state index contributed by atoms with van der Waals surface area (Å²) in [6, 6.07) is 0. The molecule has 0 amide bonds. The van der Waals surface area contributed by atoms with Gasteiger partial charge in [-0.1, -0.05) is 166 Å². The molecule has 9 fully saturated rings. The average Bonchev–Trinajstić information content (AvgIpc) is 1.56. The minimum Gasteiger partial charge on any atom is -0.394 e. The fourth-order valence-corrected chi connectivity index (χ4v) is 18.9. The molecule has 3 N–H and O–H groups in total. The number of ether oxygens (including phenoxy) is 16. The standard InChI is InChI=1S/C80H144O19.2Ac/c1-28-55-38(10)36(8)45(17)74(86-55)95-67-41(13)47(19)75(88-58(67)31-4)96-68-42(14)48(20)76(89-59(68)32-5)97-69-43(15)49(21)77(90-60(69)33-6)98-70-44(16)50(22)78(92-62(70)35-81)94-65-40(12)46(18)73(85-54(65)26)99-71-61(34-7)91-79(52(24)64(71)82)87-56(29-2)51(23)63-72(80(63,27)83)93-66-39(11)37(9)53(25)84-57(66)30-3;;/h36-79,81-83H,28-35H2,1-27H3;;/t36?,37?,38-,39?,40?,41?,42+,43+,44?,45?,46?,47?,48?,49?,50?,51-,52?,53+,54+,55+,56-,57+,58+,59?,60?,61?,62+,63?,64+,65-,66-,67-,68+,69+,70-,71-,72+,73+,74+,75+,76-,77-,78+,79+,80?;;/m0../s1. The Morgan fingerprint density at radius 3 is 1.04 bits per heavy atom. The van der Waals surface area contributed by atoms with Crippen molar-refractivity contribution in [3.05, 3.63) is 0 Å². The van der Waals surface area contributed by atoms with Gasteiger partial charge in [-0.3, -0.25) is 0 Å². The van der Waals surface area contributed by atoms with Crippen LogP contribution in [0.1, 0.15) is 232 Å². The maximum absolute atomic E-state index is 12.2. The third-order valence-corrected chi connectivity index (χ3v) is 28.2. The van der Waals surface area contributed by atoms with E-state index in [0.29, 0.717) is 37.0 Å². The first kappa shape index (κ1) is 90.3. The zero-order valence-electron chi connectivity index (χ0n) is 67.6. The fourth-order valence-electron chi connectivity index (χ4n) is 18.9. The van der Waals surface area contributed by atoms with Gasteiger partial charge < -0.3 is 91.1 Å². The molecule has 9 rings (SSSR count). The third-order valence-electron chi connectivity index (χ3n) is 28.2. The van der Waals surface area contributed by atoms with E-state index in [4.69, 9.17) is 75.8 Å². The van der Waals surface area contributed by atoms with Crippen LogP contribution in [0.4, 0.5) is 0 Å². The summed E-state index contributed by atoms with van der Waals surface area (Å²) >= 11 is 0. The molecule has 2 radical (unpaired) electrons. The Hall–Kier alpha value is 2.12.